The minimum Gasteiger partial charge on any atom is -0.462 e. The Morgan fingerprint density at radius 3 is 1.19 bits per heavy atom. The molecular weight excluding hydrogens is 448 g/mol. The van der Waals surface area contributed by atoms with Crippen LogP contribution in [0.2, 0.25) is 0 Å². The van der Waals surface area contributed by atoms with Crippen molar-refractivity contribution in [3.63, 3.8) is 0 Å². The van der Waals surface area contributed by atoms with E-state index >= 15 is 0 Å². The van der Waals surface area contributed by atoms with Crippen LogP contribution in [-0.4, -0.2) is 24.1 Å². The van der Waals surface area contributed by atoms with Gasteiger partial charge in [0.1, 0.15) is 12.2 Å². The number of hydrogen-bond acceptors (Lipinski definition) is 4. The predicted molar refractivity (Wildman–Crippen MR) is 147 cm³/mol. The number of carbonyl (C=O) groups is 2. The highest BCUT2D eigenvalue weighted by Crippen LogP contribution is 2.35. The molecule has 0 aromatic rings. The molecule has 0 saturated heterocycles. The number of ether oxygens (including phenoxy) is 2. The molecule has 0 aromatic heterocycles. The lowest BCUT2D eigenvalue weighted by molar-refractivity contribution is -0.162. The predicted octanol–water partition coefficient (Wildman–Crippen LogP) is 8.94. The van der Waals surface area contributed by atoms with Crippen LogP contribution in [0.5, 0.6) is 0 Å². The van der Waals surface area contributed by atoms with E-state index in [2.05, 4.69) is 13.8 Å². The molecule has 3 saturated carbocycles. The molecule has 0 bridgehead atoms. The molecule has 0 aromatic carbocycles. The third-order valence-corrected chi connectivity index (χ3v) is 9.48. The monoisotopic (exact) mass is 504 g/mol. The third kappa shape index (κ3) is 10.4. The Hall–Kier alpha value is -1.06. The lowest BCUT2D eigenvalue weighted by Gasteiger charge is -2.32. The highest BCUT2D eigenvalue weighted by molar-refractivity contribution is 5.75. The van der Waals surface area contributed by atoms with Crippen molar-refractivity contribution in [1.82, 2.24) is 0 Å². The zero-order valence-corrected chi connectivity index (χ0v) is 23.7. The van der Waals surface area contributed by atoms with Crippen molar-refractivity contribution in [2.24, 2.45) is 23.7 Å². The van der Waals surface area contributed by atoms with Crippen LogP contribution in [0, 0.1) is 23.7 Å². The number of esters is 2. The number of rotatable bonds is 14. The molecule has 0 aliphatic heterocycles. The van der Waals surface area contributed by atoms with Crippen molar-refractivity contribution in [3.8, 4) is 0 Å². The van der Waals surface area contributed by atoms with E-state index in [1.807, 2.05) is 0 Å². The SMILES string of the molecule is CCCCCCC1CCC(OC(=O)C2CCC(C(=O)OC3CCC(CCCCCC)CC3)CC2)CC1. The van der Waals surface area contributed by atoms with Crippen molar-refractivity contribution in [1.29, 1.82) is 0 Å². The van der Waals surface area contributed by atoms with Gasteiger partial charge in [-0.25, -0.2) is 0 Å². The Balaban J connectivity index is 1.25. The van der Waals surface area contributed by atoms with Gasteiger partial charge < -0.3 is 9.47 Å². The fourth-order valence-electron chi connectivity index (χ4n) is 6.88. The van der Waals surface area contributed by atoms with Gasteiger partial charge in [-0.3, -0.25) is 9.59 Å². The van der Waals surface area contributed by atoms with Crippen LogP contribution in [0.15, 0.2) is 0 Å². The summed E-state index contributed by atoms with van der Waals surface area (Å²) in [5.41, 5.74) is 0. The molecule has 4 nitrogen and oxygen atoms in total. The molecule has 3 rings (SSSR count). The minimum atomic E-state index is -0.0241. The maximum atomic E-state index is 12.8. The van der Waals surface area contributed by atoms with Crippen molar-refractivity contribution >= 4 is 11.9 Å². The van der Waals surface area contributed by atoms with Gasteiger partial charge in [-0.15, -0.1) is 0 Å². The van der Waals surface area contributed by atoms with Gasteiger partial charge >= 0.3 is 11.9 Å². The molecule has 3 aliphatic rings. The molecular formula is C32H56O4. The van der Waals surface area contributed by atoms with Crippen LogP contribution in [0.3, 0.4) is 0 Å². The third-order valence-electron chi connectivity index (χ3n) is 9.48. The molecule has 0 spiro atoms. The molecule has 4 heteroatoms. The molecule has 0 radical (unpaired) electrons. The molecule has 3 aliphatic carbocycles. The van der Waals surface area contributed by atoms with Crippen LogP contribution >= 0.6 is 0 Å². The van der Waals surface area contributed by atoms with Crippen LogP contribution < -0.4 is 0 Å². The zero-order chi connectivity index (χ0) is 25.6. The molecule has 0 heterocycles. The summed E-state index contributed by atoms with van der Waals surface area (Å²) in [5.74, 6) is 1.60. The first-order valence-corrected chi connectivity index (χ1v) is 16.0. The standard InChI is InChI=1S/C32H56O4/c1-3-5-7-9-11-25-13-21-29(22-14-25)35-31(33)27-17-19-28(20-18-27)32(34)36-30-23-15-26(16-24-30)12-10-8-6-4-2/h25-30H,3-24H2,1-2H3. The summed E-state index contributed by atoms with van der Waals surface area (Å²) >= 11 is 0. The summed E-state index contributed by atoms with van der Waals surface area (Å²) < 4.78 is 11.9. The van der Waals surface area contributed by atoms with Crippen molar-refractivity contribution in [2.75, 3.05) is 0 Å². The minimum absolute atomic E-state index is 0.00882. The molecule has 0 amide bonds. The van der Waals surface area contributed by atoms with Gasteiger partial charge in [0.25, 0.3) is 0 Å². The van der Waals surface area contributed by atoms with Crippen molar-refractivity contribution in [3.05, 3.63) is 0 Å². The van der Waals surface area contributed by atoms with Gasteiger partial charge in [0.2, 0.25) is 0 Å². The fourth-order valence-corrected chi connectivity index (χ4v) is 6.88. The first kappa shape index (κ1) is 29.5. The fraction of sp³-hybridized carbons (Fsp3) is 0.938. The van der Waals surface area contributed by atoms with Crippen LogP contribution in [-0.2, 0) is 19.1 Å². The van der Waals surface area contributed by atoms with Gasteiger partial charge in [0.15, 0.2) is 0 Å². The van der Waals surface area contributed by atoms with E-state index in [-0.39, 0.29) is 36.0 Å². The Morgan fingerprint density at radius 2 is 0.861 bits per heavy atom. The quantitative estimate of drug-likeness (QED) is 0.175. The summed E-state index contributed by atoms with van der Waals surface area (Å²) in [4.78, 5) is 25.6. The van der Waals surface area contributed by atoms with Crippen molar-refractivity contribution < 1.29 is 19.1 Å². The van der Waals surface area contributed by atoms with E-state index < -0.39 is 0 Å². The Labute approximate surface area is 222 Å². The lowest BCUT2D eigenvalue weighted by atomic mass is 9.81. The van der Waals surface area contributed by atoms with E-state index in [0.717, 1.165) is 63.2 Å². The second-order valence-electron chi connectivity index (χ2n) is 12.4. The summed E-state index contributed by atoms with van der Waals surface area (Å²) in [6.45, 7) is 4.53. The van der Waals surface area contributed by atoms with E-state index in [4.69, 9.17) is 9.47 Å². The van der Waals surface area contributed by atoms with E-state index in [1.54, 1.807) is 0 Å². The smallest absolute Gasteiger partial charge is 0.309 e. The summed E-state index contributed by atoms with van der Waals surface area (Å²) in [6, 6.07) is 0. The zero-order valence-electron chi connectivity index (χ0n) is 23.7. The van der Waals surface area contributed by atoms with Gasteiger partial charge in [-0.05, 0) is 88.9 Å². The highest BCUT2D eigenvalue weighted by atomic mass is 16.5. The first-order valence-electron chi connectivity index (χ1n) is 16.0. The Kier molecular flexibility index (Phi) is 13.7. The van der Waals surface area contributed by atoms with E-state index in [9.17, 15) is 9.59 Å². The topological polar surface area (TPSA) is 52.6 Å². The molecule has 208 valence electrons. The summed E-state index contributed by atoms with van der Waals surface area (Å²) in [6.07, 6.45) is 25.8. The van der Waals surface area contributed by atoms with Gasteiger partial charge in [-0.1, -0.05) is 78.1 Å². The average Bonchev–Trinajstić information content (AvgIpc) is 2.91. The molecule has 36 heavy (non-hydrogen) atoms. The van der Waals surface area contributed by atoms with Crippen LogP contribution in [0.4, 0.5) is 0 Å². The second kappa shape index (κ2) is 16.7. The number of carbonyl (C=O) groups excluding carboxylic acids is 2. The lowest BCUT2D eigenvalue weighted by Crippen LogP contribution is -2.33. The van der Waals surface area contributed by atoms with E-state index in [0.29, 0.717) is 0 Å². The van der Waals surface area contributed by atoms with Crippen molar-refractivity contribution in [2.45, 2.75) is 167 Å². The first-order chi connectivity index (χ1) is 17.6. The summed E-state index contributed by atoms with van der Waals surface area (Å²) in [5, 5.41) is 0. The van der Waals surface area contributed by atoms with E-state index in [1.165, 1.54) is 89.9 Å². The molecule has 0 N–H and O–H groups in total. The largest absolute Gasteiger partial charge is 0.462 e. The molecule has 3 fully saturated rings. The number of unbranched alkanes of at least 4 members (excludes halogenated alkanes) is 6. The Morgan fingerprint density at radius 1 is 0.500 bits per heavy atom. The van der Waals surface area contributed by atoms with Crippen LogP contribution in [0.1, 0.15) is 155 Å². The Bertz CT molecular complexity index is 554. The maximum Gasteiger partial charge on any atom is 0.309 e. The van der Waals surface area contributed by atoms with Gasteiger partial charge in [-0.2, -0.15) is 0 Å². The normalized spacial score (nSPS) is 31.1. The molecule has 0 unspecified atom stereocenters. The average molecular weight is 505 g/mol. The highest BCUT2D eigenvalue weighted by Gasteiger charge is 2.34. The number of hydrogen-bond donors (Lipinski definition) is 0. The van der Waals surface area contributed by atoms with Gasteiger partial charge in [0.05, 0.1) is 11.8 Å². The van der Waals surface area contributed by atoms with Crippen LogP contribution in [0.25, 0.3) is 0 Å². The van der Waals surface area contributed by atoms with Gasteiger partial charge in [0, 0.05) is 0 Å². The second-order valence-corrected chi connectivity index (χ2v) is 12.4. The maximum absolute atomic E-state index is 12.8. The summed E-state index contributed by atoms with van der Waals surface area (Å²) in [7, 11) is 0. The molecule has 0 atom stereocenters.